The zero-order valence-electron chi connectivity index (χ0n) is 54.5. The third kappa shape index (κ3) is 48.2. The smallest absolute Gasteiger partial charge is 0.306 e. The number of allylic oxidation sites excluding steroid dienone is 15. The normalized spacial score (nSPS) is 19.0. The molecule has 490 valence electrons. The summed E-state index contributed by atoms with van der Waals surface area (Å²) in [6, 6.07) is -1.04. The number of carbonyl (C=O) groups is 2. The first-order valence-electron chi connectivity index (χ1n) is 35.0. The van der Waals surface area contributed by atoms with Gasteiger partial charge in [-0.2, -0.15) is 0 Å². The Morgan fingerprint density at radius 1 is 0.459 bits per heavy atom. The molecule has 1 aliphatic rings. The van der Waals surface area contributed by atoms with Gasteiger partial charge in [0.05, 0.1) is 25.4 Å². The van der Waals surface area contributed by atoms with E-state index in [-0.39, 0.29) is 19.4 Å². The monoisotopic (exact) mass is 1190 g/mol. The molecule has 8 unspecified atom stereocenters. The summed E-state index contributed by atoms with van der Waals surface area (Å²) in [7, 11) is 0. The van der Waals surface area contributed by atoms with E-state index in [1.165, 1.54) is 148 Å². The second kappa shape index (κ2) is 60.8. The van der Waals surface area contributed by atoms with Crippen LogP contribution in [0.3, 0.4) is 0 Å². The summed E-state index contributed by atoms with van der Waals surface area (Å²) in [6.45, 7) is 5.73. The molecule has 1 amide bonds. The van der Waals surface area contributed by atoms with Crippen LogP contribution in [0, 0.1) is 0 Å². The summed E-state index contributed by atoms with van der Waals surface area (Å²) in [6.07, 6.45) is 71.6. The Kier molecular flexibility index (Phi) is 57.0. The number of rotatable bonds is 59. The fourth-order valence-corrected chi connectivity index (χ4v) is 10.4. The van der Waals surface area contributed by atoms with E-state index in [9.17, 15) is 35.1 Å². The molecule has 6 N–H and O–H groups in total. The van der Waals surface area contributed by atoms with E-state index >= 15 is 0 Å². The van der Waals surface area contributed by atoms with Gasteiger partial charge in [-0.05, 0) is 109 Å². The molecule has 1 fully saturated rings. The lowest BCUT2D eigenvalue weighted by atomic mass is 9.99. The Balaban J connectivity index is 2.58. The predicted molar refractivity (Wildman–Crippen MR) is 356 cm³/mol. The van der Waals surface area contributed by atoms with Crippen molar-refractivity contribution in [2.45, 2.75) is 346 Å². The maximum atomic E-state index is 13.5. The quantitative estimate of drug-likeness (QED) is 0.0195. The van der Waals surface area contributed by atoms with Crippen LogP contribution in [0.4, 0.5) is 0 Å². The highest BCUT2D eigenvalue weighted by Crippen LogP contribution is 2.26. The van der Waals surface area contributed by atoms with Gasteiger partial charge in [0.15, 0.2) is 12.4 Å². The lowest BCUT2D eigenvalue weighted by molar-refractivity contribution is -0.305. The van der Waals surface area contributed by atoms with Crippen LogP contribution < -0.4 is 5.32 Å². The lowest BCUT2D eigenvalue weighted by Crippen LogP contribution is -2.61. The molecule has 8 atom stereocenters. The van der Waals surface area contributed by atoms with Crippen LogP contribution in [0.15, 0.2) is 97.2 Å². The van der Waals surface area contributed by atoms with Gasteiger partial charge in [-0.1, -0.05) is 279 Å². The molecule has 1 heterocycles. The largest absolute Gasteiger partial charge is 0.454 e. The van der Waals surface area contributed by atoms with Crippen molar-refractivity contribution in [3.8, 4) is 0 Å². The molecule has 0 saturated carbocycles. The molecule has 1 aliphatic heterocycles. The number of hydrogen-bond donors (Lipinski definition) is 6. The van der Waals surface area contributed by atoms with Crippen molar-refractivity contribution in [1.29, 1.82) is 0 Å². The van der Waals surface area contributed by atoms with Gasteiger partial charge in [0.1, 0.15) is 24.4 Å². The first-order valence-corrected chi connectivity index (χ1v) is 35.0. The topological polar surface area (TPSA) is 175 Å². The van der Waals surface area contributed by atoms with Gasteiger partial charge in [0.2, 0.25) is 5.91 Å². The SMILES string of the molecule is CCCCC/C=C\C/C=C\C/C=C\C/C=C\CCCCCCC(O)C(=O)NC(COC1OC(CO)C(O)C(O)C1OC(=O)CCCCCCCCCCCCCC/C=C\C/C=C\C/C=C\CCCCC)C(O)/C=C/CCCCCCCCCCC. The molecule has 11 heteroatoms. The molecule has 85 heavy (non-hydrogen) atoms. The third-order valence-electron chi connectivity index (χ3n) is 16.0. The highest BCUT2D eigenvalue weighted by Gasteiger charge is 2.47. The maximum absolute atomic E-state index is 13.5. The molecular weight excluding hydrogens is 1060 g/mol. The fraction of sp³-hybridized carbons (Fsp3) is 0.757. The lowest BCUT2D eigenvalue weighted by Gasteiger charge is -2.41. The minimum absolute atomic E-state index is 0.115. The molecule has 0 aliphatic carbocycles. The van der Waals surface area contributed by atoms with E-state index < -0.39 is 67.4 Å². The number of aliphatic hydroxyl groups is 5. The van der Waals surface area contributed by atoms with Crippen LogP contribution >= 0.6 is 0 Å². The van der Waals surface area contributed by atoms with Crippen LogP contribution in [0.2, 0.25) is 0 Å². The summed E-state index contributed by atoms with van der Waals surface area (Å²) in [4.78, 5) is 26.6. The van der Waals surface area contributed by atoms with Crippen LogP contribution in [0.25, 0.3) is 0 Å². The van der Waals surface area contributed by atoms with Gasteiger partial charge in [0, 0.05) is 6.42 Å². The van der Waals surface area contributed by atoms with Crippen molar-refractivity contribution in [3.63, 3.8) is 0 Å². The van der Waals surface area contributed by atoms with E-state index in [1.807, 2.05) is 6.08 Å². The average Bonchev–Trinajstić information content (AvgIpc) is 3.60. The summed E-state index contributed by atoms with van der Waals surface area (Å²) in [5.74, 6) is -1.22. The standard InChI is InChI=1S/C74H129NO10/c1-4-7-10-13-16-19-22-24-26-28-30-32-33-34-35-36-38-40-42-44-47-50-53-56-59-62-69(79)85-72-71(81)70(80)68(63-76)84-74(72)83-64-65(66(77)60-57-54-51-48-45-21-18-15-12-9-6-3)75-73(82)67(78)61-58-55-52-49-46-43-41-39-37-31-29-27-25-23-20-17-14-11-8-5-2/h16-17,19-20,24-27,30-32,37,41,43,57,60,65-68,70-72,74,76-78,80-81H,4-15,18,21-23,28-29,33-36,38-40,42,44-56,58-59,61-64H2,1-3H3,(H,75,82)/b19-16-,20-17-,26-24-,27-25-,32-30-,37-31-,43-41-,60-57+. The van der Waals surface area contributed by atoms with Crippen LogP contribution in [0.5, 0.6) is 0 Å². The number of unbranched alkanes of at least 4 members (excludes halogenated alkanes) is 31. The number of ether oxygens (including phenoxy) is 3. The summed E-state index contributed by atoms with van der Waals surface area (Å²) >= 11 is 0. The minimum Gasteiger partial charge on any atom is -0.454 e. The second-order valence-corrected chi connectivity index (χ2v) is 23.9. The molecule has 1 rings (SSSR count). The van der Waals surface area contributed by atoms with E-state index in [4.69, 9.17) is 14.2 Å². The summed E-state index contributed by atoms with van der Waals surface area (Å²) < 4.78 is 17.7. The summed E-state index contributed by atoms with van der Waals surface area (Å²) in [5.41, 5.74) is 0. The van der Waals surface area contributed by atoms with E-state index in [0.29, 0.717) is 12.8 Å². The molecule has 0 aromatic heterocycles. The number of hydrogen-bond acceptors (Lipinski definition) is 10. The Morgan fingerprint density at radius 2 is 0.812 bits per heavy atom. The number of aliphatic hydroxyl groups excluding tert-OH is 5. The Bertz CT molecular complexity index is 1750. The number of esters is 1. The van der Waals surface area contributed by atoms with Crippen molar-refractivity contribution in [2.24, 2.45) is 0 Å². The Hall–Kier alpha value is -3.42. The van der Waals surface area contributed by atoms with Gasteiger partial charge < -0.3 is 45.1 Å². The minimum atomic E-state index is -1.62. The van der Waals surface area contributed by atoms with E-state index in [0.717, 1.165) is 103 Å². The van der Waals surface area contributed by atoms with Crippen molar-refractivity contribution in [1.82, 2.24) is 5.32 Å². The zero-order valence-corrected chi connectivity index (χ0v) is 54.5. The van der Waals surface area contributed by atoms with Gasteiger partial charge >= 0.3 is 5.97 Å². The highest BCUT2D eigenvalue weighted by molar-refractivity contribution is 5.80. The van der Waals surface area contributed by atoms with Crippen LogP contribution in [-0.4, -0.2) is 99.6 Å². The highest BCUT2D eigenvalue weighted by atomic mass is 16.7. The molecular formula is C74H129NO10. The van der Waals surface area contributed by atoms with E-state index in [1.54, 1.807) is 6.08 Å². The molecule has 0 aromatic rings. The van der Waals surface area contributed by atoms with Crippen molar-refractivity contribution >= 4 is 11.9 Å². The Morgan fingerprint density at radius 3 is 1.24 bits per heavy atom. The van der Waals surface area contributed by atoms with Crippen LogP contribution in [-0.2, 0) is 23.8 Å². The maximum Gasteiger partial charge on any atom is 0.306 e. The second-order valence-electron chi connectivity index (χ2n) is 23.9. The van der Waals surface area contributed by atoms with E-state index in [2.05, 4.69) is 111 Å². The number of nitrogens with one attached hydrogen (secondary N) is 1. The fourth-order valence-electron chi connectivity index (χ4n) is 10.4. The van der Waals surface area contributed by atoms with Gasteiger partial charge in [-0.3, -0.25) is 9.59 Å². The summed E-state index contributed by atoms with van der Waals surface area (Å²) in [5, 5.41) is 57.2. The molecule has 0 aromatic carbocycles. The molecule has 11 nitrogen and oxygen atoms in total. The number of carbonyl (C=O) groups excluding carboxylic acids is 2. The third-order valence-corrected chi connectivity index (χ3v) is 16.0. The predicted octanol–water partition coefficient (Wildman–Crippen LogP) is 17.8. The van der Waals surface area contributed by atoms with Gasteiger partial charge in [0.25, 0.3) is 0 Å². The number of amides is 1. The van der Waals surface area contributed by atoms with Crippen molar-refractivity contribution in [3.05, 3.63) is 97.2 Å². The first-order chi connectivity index (χ1) is 41.7. The van der Waals surface area contributed by atoms with Gasteiger partial charge in [-0.25, -0.2) is 0 Å². The first kappa shape index (κ1) is 79.6. The van der Waals surface area contributed by atoms with Gasteiger partial charge in [-0.15, -0.1) is 0 Å². The Labute approximate surface area is 520 Å². The molecule has 0 radical (unpaired) electrons. The average molecular weight is 1190 g/mol. The van der Waals surface area contributed by atoms with Crippen LogP contribution in [0.1, 0.15) is 297 Å². The van der Waals surface area contributed by atoms with Crippen molar-refractivity contribution in [2.75, 3.05) is 13.2 Å². The molecule has 1 saturated heterocycles. The van der Waals surface area contributed by atoms with Crippen molar-refractivity contribution < 1.29 is 49.3 Å². The molecule has 0 bridgehead atoms. The molecule has 0 spiro atoms. The zero-order chi connectivity index (χ0) is 61.7.